The van der Waals surface area contributed by atoms with Gasteiger partial charge in [0.1, 0.15) is 12.7 Å². The number of halogens is 1. The van der Waals surface area contributed by atoms with E-state index in [4.69, 9.17) is 0 Å². The van der Waals surface area contributed by atoms with E-state index in [0.717, 1.165) is 0 Å². The van der Waals surface area contributed by atoms with Gasteiger partial charge in [-0.25, -0.2) is 4.39 Å². The Morgan fingerprint density at radius 2 is 2.11 bits per heavy atom. The molecule has 1 atom stereocenters. The predicted molar refractivity (Wildman–Crippen MR) is 69.6 cm³/mol. The molecule has 0 aromatic rings. The predicted octanol–water partition coefficient (Wildman–Crippen LogP) is 1.97. The number of hydrogen-bond donors (Lipinski definition) is 0. The minimum atomic E-state index is -0.928. The van der Waals surface area contributed by atoms with Crippen LogP contribution >= 0.6 is 0 Å². The van der Waals surface area contributed by atoms with Gasteiger partial charge in [0.15, 0.2) is 0 Å². The summed E-state index contributed by atoms with van der Waals surface area (Å²) in [6.07, 6.45) is 1.13. The van der Waals surface area contributed by atoms with Crippen molar-refractivity contribution in [3.8, 4) is 0 Å². The van der Waals surface area contributed by atoms with Crippen LogP contribution in [0.4, 0.5) is 4.39 Å². The van der Waals surface area contributed by atoms with Crippen LogP contribution in [0.1, 0.15) is 33.6 Å². The van der Waals surface area contributed by atoms with E-state index in [2.05, 4.69) is 6.58 Å². The summed E-state index contributed by atoms with van der Waals surface area (Å²) in [6.45, 7) is 9.74. The normalized spacial score (nSPS) is 17.8. The Bertz CT molecular complexity index is 295. The topological polar surface area (TPSA) is 40.6 Å². The molecule has 1 rings (SSSR count). The molecule has 0 saturated carbocycles. The average Bonchev–Trinajstić information content (AvgIpc) is 2.84. The highest BCUT2D eigenvalue weighted by atomic mass is 19.1. The quantitative estimate of drug-likeness (QED) is 0.773. The lowest BCUT2D eigenvalue weighted by Crippen LogP contribution is -2.39. The Balaban J connectivity index is 0.00000137. The second-order valence-electron chi connectivity index (χ2n) is 3.78. The van der Waals surface area contributed by atoms with Crippen molar-refractivity contribution in [1.29, 1.82) is 0 Å². The number of alkyl halides is 1. The van der Waals surface area contributed by atoms with Crippen molar-refractivity contribution in [2.24, 2.45) is 0 Å². The maximum atomic E-state index is 12.9. The number of amides is 2. The van der Waals surface area contributed by atoms with Gasteiger partial charge in [-0.3, -0.25) is 9.59 Å². The summed E-state index contributed by atoms with van der Waals surface area (Å²) in [7, 11) is 0. The highest BCUT2D eigenvalue weighted by Gasteiger charge is 2.27. The lowest BCUT2D eigenvalue weighted by molar-refractivity contribution is -0.137. The Kier molecular flexibility index (Phi) is 8.00. The molecular formula is C13H23FN2O2. The summed E-state index contributed by atoms with van der Waals surface area (Å²) in [5.74, 6) is -0.374. The van der Waals surface area contributed by atoms with E-state index < -0.39 is 6.17 Å². The lowest BCUT2D eigenvalue weighted by Gasteiger charge is -2.21. The molecule has 1 heterocycles. The fourth-order valence-electron chi connectivity index (χ4n) is 1.65. The number of carbonyl (C=O) groups is 2. The van der Waals surface area contributed by atoms with Crippen LogP contribution in [-0.2, 0) is 9.59 Å². The zero-order valence-corrected chi connectivity index (χ0v) is 11.5. The minimum Gasteiger partial charge on any atom is -0.338 e. The first-order valence-electron chi connectivity index (χ1n) is 6.42. The molecule has 18 heavy (non-hydrogen) atoms. The number of hydrogen-bond acceptors (Lipinski definition) is 2. The van der Waals surface area contributed by atoms with Gasteiger partial charge in [0.25, 0.3) is 0 Å². The molecule has 2 amide bonds. The molecule has 0 radical (unpaired) electrons. The van der Waals surface area contributed by atoms with Crippen molar-refractivity contribution in [1.82, 2.24) is 9.80 Å². The molecule has 1 aliphatic heterocycles. The molecule has 1 aliphatic rings. The highest BCUT2D eigenvalue weighted by molar-refractivity contribution is 5.85. The van der Waals surface area contributed by atoms with E-state index in [-0.39, 0.29) is 24.9 Å². The minimum absolute atomic E-state index is 0.0388. The van der Waals surface area contributed by atoms with E-state index in [1.807, 2.05) is 13.8 Å². The Labute approximate surface area is 108 Å². The standard InChI is InChI=1S/C11H17FN2O2.C2H6/c1-3-10(15)13(4-2)8-11(16)14-6-5-9(12)7-14;1-2/h4,9H,2-3,5-8H2,1H3;1-2H3. The van der Waals surface area contributed by atoms with Crippen molar-refractivity contribution in [3.63, 3.8) is 0 Å². The smallest absolute Gasteiger partial charge is 0.242 e. The summed E-state index contributed by atoms with van der Waals surface area (Å²) in [5, 5.41) is 0. The van der Waals surface area contributed by atoms with E-state index in [0.29, 0.717) is 19.4 Å². The fourth-order valence-corrected chi connectivity index (χ4v) is 1.65. The first kappa shape index (κ1) is 16.6. The second kappa shape index (κ2) is 8.66. The SMILES string of the molecule is C=CN(CC(=O)N1CCC(F)C1)C(=O)CC.CC. The average molecular weight is 258 g/mol. The third-order valence-electron chi connectivity index (χ3n) is 2.63. The summed E-state index contributed by atoms with van der Waals surface area (Å²) < 4.78 is 12.9. The number of likely N-dealkylation sites (tertiary alicyclic amines) is 1. The molecular weight excluding hydrogens is 235 g/mol. The van der Waals surface area contributed by atoms with Gasteiger partial charge in [-0.15, -0.1) is 0 Å². The van der Waals surface area contributed by atoms with Crippen molar-refractivity contribution in [2.45, 2.75) is 39.8 Å². The Morgan fingerprint density at radius 3 is 2.50 bits per heavy atom. The van der Waals surface area contributed by atoms with Crippen LogP contribution in [0, 0.1) is 0 Å². The first-order chi connectivity index (χ1) is 8.58. The number of carbonyl (C=O) groups excluding carboxylic acids is 2. The maximum Gasteiger partial charge on any atom is 0.242 e. The van der Waals surface area contributed by atoms with Gasteiger partial charge >= 0.3 is 0 Å². The molecule has 0 aliphatic carbocycles. The van der Waals surface area contributed by atoms with Gasteiger partial charge in [0, 0.05) is 19.2 Å². The van der Waals surface area contributed by atoms with Crippen LogP contribution < -0.4 is 0 Å². The van der Waals surface area contributed by atoms with E-state index >= 15 is 0 Å². The molecule has 0 aromatic carbocycles. The fraction of sp³-hybridized carbons (Fsp3) is 0.692. The Hall–Kier alpha value is -1.39. The van der Waals surface area contributed by atoms with Crippen molar-refractivity contribution in [3.05, 3.63) is 12.8 Å². The van der Waals surface area contributed by atoms with Crippen molar-refractivity contribution in [2.75, 3.05) is 19.6 Å². The van der Waals surface area contributed by atoms with E-state index in [1.54, 1.807) is 6.92 Å². The van der Waals surface area contributed by atoms with Crippen LogP contribution in [0.3, 0.4) is 0 Å². The monoisotopic (exact) mass is 258 g/mol. The lowest BCUT2D eigenvalue weighted by atomic mass is 10.3. The first-order valence-corrected chi connectivity index (χ1v) is 6.42. The van der Waals surface area contributed by atoms with Gasteiger partial charge in [0.2, 0.25) is 11.8 Å². The highest BCUT2D eigenvalue weighted by Crippen LogP contribution is 2.12. The molecule has 0 spiro atoms. The molecule has 5 heteroatoms. The van der Waals surface area contributed by atoms with Gasteiger partial charge in [-0.2, -0.15) is 0 Å². The Morgan fingerprint density at radius 1 is 1.50 bits per heavy atom. The van der Waals surface area contributed by atoms with Gasteiger partial charge in [0.05, 0.1) is 6.54 Å². The summed E-state index contributed by atoms with van der Waals surface area (Å²) in [4.78, 5) is 25.8. The maximum absolute atomic E-state index is 12.9. The van der Waals surface area contributed by atoms with E-state index in [9.17, 15) is 14.0 Å². The molecule has 1 fully saturated rings. The van der Waals surface area contributed by atoms with Crippen LogP contribution in [0.5, 0.6) is 0 Å². The largest absolute Gasteiger partial charge is 0.338 e. The zero-order chi connectivity index (χ0) is 14.1. The summed E-state index contributed by atoms with van der Waals surface area (Å²) >= 11 is 0. The van der Waals surface area contributed by atoms with Crippen LogP contribution in [0.25, 0.3) is 0 Å². The summed E-state index contributed by atoms with van der Waals surface area (Å²) in [6, 6.07) is 0. The number of rotatable bonds is 4. The molecule has 0 aromatic heterocycles. The van der Waals surface area contributed by atoms with E-state index in [1.165, 1.54) is 16.0 Å². The molecule has 1 unspecified atom stereocenters. The van der Waals surface area contributed by atoms with Crippen LogP contribution in [0.15, 0.2) is 12.8 Å². The molecule has 104 valence electrons. The second-order valence-corrected chi connectivity index (χ2v) is 3.78. The molecule has 1 saturated heterocycles. The van der Waals surface area contributed by atoms with Crippen molar-refractivity contribution < 1.29 is 14.0 Å². The van der Waals surface area contributed by atoms with Crippen LogP contribution in [-0.4, -0.2) is 47.4 Å². The zero-order valence-electron chi connectivity index (χ0n) is 11.5. The van der Waals surface area contributed by atoms with Gasteiger partial charge in [-0.1, -0.05) is 27.4 Å². The molecule has 0 N–H and O–H groups in total. The number of nitrogens with zero attached hydrogens (tertiary/aromatic N) is 2. The van der Waals surface area contributed by atoms with Crippen LogP contribution in [0.2, 0.25) is 0 Å². The molecule has 4 nitrogen and oxygen atoms in total. The summed E-state index contributed by atoms with van der Waals surface area (Å²) in [5.41, 5.74) is 0. The third-order valence-corrected chi connectivity index (χ3v) is 2.63. The van der Waals surface area contributed by atoms with Gasteiger partial charge < -0.3 is 9.80 Å². The molecule has 0 bridgehead atoms. The third kappa shape index (κ3) is 4.85. The van der Waals surface area contributed by atoms with Gasteiger partial charge in [-0.05, 0) is 6.42 Å². The van der Waals surface area contributed by atoms with Crippen molar-refractivity contribution >= 4 is 11.8 Å².